The molecule has 0 aliphatic heterocycles. The zero-order valence-electron chi connectivity index (χ0n) is 9.43. The number of aliphatic hydroxyl groups excluding tert-OH is 1. The first kappa shape index (κ1) is 12.1. The number of nitrogens with zero attached hydrogens (tertiary/aromatic N) is 2. The van der Waals surface area contributed by atoms with E-state index in [1.807, 2.05) is 31.4 Å². The van der Waals surface area contributed by atoms with E-state index in [2.05, 4.69) is 21.0 Å². The molecular weight excluding hydrogens is 284 g/mol. The molecule has 1 N–H and O–H groups in total. The largest absolute Gasteiger partial charge is 0.487 e. The summed E-state index contributed by atoms with van der Waals surface area (Å²) in [6, 6.07) is 5.59. The van der Waals surface area contributed by atoms with Crippen molar-refractivity contribution in [2.24, 2.45) is 7.05 Å². The van der Waals surface area contributed by atoms with Crippen molar-refractivity contribution < 1.29 is 9.84 Å². The Bertz CT molecular complexity index is 511. The molecule has 5 heteroatoms. The number of aliphatic hydroxyl groups is 1. The van der Waals surface area contributed by atoms with Crippen molar-refractivity contribution in [2.45, 2.75) is 13.2 Å². The second kappa shape index (κ2) is 5.33. The summed E-state index contributed by atoms with van der Waals surface area (Å²) in [5.74, 6) is 0.679. The average molecular weight is 297 g/mol. The van der Waals surface area contributed by atoms with Gasteiger partial charge < -0.3 is 9.84 Å². The lowest BCUT2D eigenvalue weighted by Crippen LogP contribution is -1.99. The Labute approximate surface area is 108 Å². The maximum atomic E-state index is 9.23. The maximum Gasteiger partial charge on any atom is 0.139 e. The van der Waals surface area contributed by atoms with Crippen molar-refractivity contribution in [2.75, 3.05) is 0 Å². The summed E-state index contributed by atoms with van der Waals surface area (Å²) in [4.78, 5) is 0. The topological polar surface area (TPSA) is 47.3 Å². The molecule has 0 saturated heterocycles. The van der Waals surface area contributed by atoms with Gasteiger partial charge in [0.2, 0.25) is 0 Å². The predicted octanol–water partition coefficient (Wildman–Crippen LogP) is 2.25. The number of aromatic nitrogens is 2. The Morgan fingerprint density at radius 2 is 2.29 bits per heavy atom. The van der Waals surface area contributed by atoms with E-state index in [1.54, 1.807) is 10.9 Å². The molecule has 2 aromatic rings. The normalized spacial score (nSPS) is 10.5. The fourth-order valence-corrected chi connectivity index (χ4v) is 2.06. The van der Waals surface area contributed by atoms with Gasteiger partial charge in [0.05, 0.1) is 17.3 Å². The zero-order valence-corrected chi connectivity index (χ0v) is 11.0. The predicted molar refractivity (Wildman–Crippen MR) is 67.6 cm³/mol. The number of rotatable bonds is 4. The number of aryl methyl sites for hydroxylation is 1. The highest BCUT2D eigenvalue weighted by Crippen LogP contribution is 2.29. The monoisotopic (exact) mass is 296 g/mol. The minimum absolute atomic E-state index is 0.0399. The van der Waals surface area contributed by atoms with Gasteiger partial charge in [0, 0.05) is 24.4 Å². The third-order valence-electron chi connectivity index (χ3n) is 2.36. The molecule has 1 aromatic heterocycles. The molecule has 4 nitrogen and oxygen atoms in total. The van der Waals surface area contributed by atoms with Crippen molar-refractivity contribution in [1.82, 2.24) is 9.78 Å². The number of ether oxygens (including phenoxy) is 1. The van der Waals surface area contributed by atoms with E-state index in [9.17, 15) is 5.11 Å². The van der Waals surface area contributed by atoms with Crippen LogP contribution < -0.4 is 4.74 Å². The van der Waals surface area contributed by atoms with Crippen LogP contribution >= 0.6 is 15.9 Å². The summed E-state index contributed by atoms with van der Waals surface area (Å²) in [5.41, 5.74) is 1.76. The standard InChI is InChI=1S/C12H13BrN2O2/c1-15-6-9(5-14-15)8-17-12-10(7-16)3-2-4-11(12)13/h2-6,16H,7-8H2,1H3. The maximum absolute atomic E-state index is 9.23. The summed E-state index contributed by atoms with van der Waals surface area (Å²) >= 11 is 3.41. The second-order valence-electron chi connectivity index (χ2n) is 3.70. The molecule has 0 atom stereocenters. The van der Waals surface area contributed by atoms with Gasteiger partial charge in [0.15, 0.2) is 0 Å². The molecule has 0 radical (unpaired) electrons. The Kier molecular flexibility index (Phi) is 3.81. The number of benzene rings is 1. The minimum Gasteiger partial charge on any atom is -0.487 e. The van der Waals surface area contributed by atoms with Crippen molar-refractivity contribution in [3.63, 3.8) is 0 Å². The molecule has 0 fully saturated rings. The van der Waals surface area contributed by atoms with E-state index >= 15 is 0 Å². The van der Waals surface area contributed by atoms with Crippen LogP contribution in [-0.2, 0) is 20.3 Å². The minimum atomic E-state index is -0.0399. The third kappa shape index (κ3) is 2.87. The van der Waals surface area contributed by atoms with E-state index in [4.69, 9.17) is 4.74 Å². The van der Waals surface area contributed by atoms with Crippen LogP contribution in [0.5, 0.6) is 5.75 Å². The van der Waals surface area contributed by atoms with Gasteiger partial charge in [-0.25, -0.2) is 0 Å². The molecule has 1 aromatic carbocycles. The third-order valence-corrected chi connectivity index (χ3v) is 2.98. The molecule has 0 saturated carbocycles. The van der Waals surface area contributed by atoms with Gasteiger partial charge in [-0.15, -0.1) is 0 Å². The molecule has 2 rings (SSSR count). The Morgan fingerprint density at radius 3 is 2.94 bits per heavy atom. The van der Waals surface area contributed by atoms with Gasteiger partial charge in [0.1, 0.15) is 12.4 Å². The SMILES string of the molecule is Cn1cc(COc2c(Br)cccc2CO)cn1. The van der Waals surface area contributed by atoms with Crippen LogP contribution in [0.2, 0.25) is 0 Å². The van der Waals surface area contributed by atoms with Gasteiger partial charge in [-0.05, 0) is 22.0 Å². The van der Waals surface area contributed by atoms with Crippen molar-refractivity contribution in [1.29, 1.82) is 0 Å². The summed E-state index contributed by atoms with van der Waals surface area (Å²) < 4.78 is 8.27. The van der Waals surface area contributed by atoms with Gasteiger partial charge in [-0.1, -0.05) is 12.1 Å². The van der Waals surface area contributed by atoms with E-state index in [0.29, 0.717) is 12.4 Å². The average Bonchev–Trinajstić information content (AvgIpc) is 2.73. The van der Waals surface area contributed by atoms with Crippen molar-refractivity contribution in [3.05, 3.63) is 46.2 Å². The van der Waals surface area contributed by atoms with Crippen LogP contribution in [0.1, 0.15) is 11.1 Å². The lowest BCUT2D eigenvalue weighted by atomic mass is 10.2. The van der Waals surface area contributed by atoms with Crippen molar-refractivity contribution >= 4 is 15.9 Å². The number of hydrogen-bond acceptors (Lipinski definition) is 3. The van der Waals surface area contributed by atoms with Crippen LogP contribution in [0.3, 0.4) is 0 Å². The first-order valence-corrected chi connectivity index (χ1v) is 5.98. The molecule has 0 aliphatic carbocycles. The van der Waals surface area contributed by atoms with Gasteiger partial charge in [0.25, 0.3) is 0 Å². The molecule has 90 valence electrons. The second-order valence-corrected chi connectivity index (χ2v) is 4.55. The fraction of sp³-hybridized carbons (Fsp3) is 0.250. The Balaban J connectivity index is 2.13. The molecule has 17 heavy (non-hydrogen) atoms. The Hall–Kier alpha value is -1.33. The molecule has 0 unspecified atom stereocenters. The van der Waals surface area contributed by atoms with E-state index < -0.39 is 0 Å². The van der Waals surface area contributed by atoms with Crippen LogP contribution in [0, 0.1) is 0 Å². The Morgan fingerprint density at radius 1 is 1.47 bits per heavy atom. The zero-order chi connectivity index (χ0) is 12.3. The summed E-state index contributed by atoms with van der Waals surface area (Å²) in [6.45, 7) is 0.394. The number of para-hydroxylation sites is 1. The van der Waals surface area contributed by atoms with Crippen LogP contribution in [0.4, 0.5) is 0 Å². The van der Waals surface area contributed by atoms with Crippen LogP contribution in [0.25, 0.3) is 0 Å². The number of halogens is 1. The van der Waals surface area contributed by atoms with Crippen molar-refractivity contribution in [3.8, 4) is 5.75 Å². The van der Waals surface area contributed by atoms with E-state index in [1.165, 1.54) is 0 Å². The first-order chi connectivity index (χ1) is 8.20. The number of hydrogen-bond donors (Lipinski definition) is 1. The quantitative estimate of drug-likeness (QED) is 0.941. The fourth-order valence-electron chi connectivity index (χ4n) is 1.54. The smallest absolute Gasteiger partial charge is 0.139 e. The van der Waals surface area contributed by atoms with Crippen LogP contribution in [0.15, 0.2) is 35.1 Å². The highest BCUT2D eigenvalue weighted by molar-refractivity contribution is 9.10. The highest BCUT2D eigenvalue weighted by Gasteiger charge is 2.07. The first-order valence-electron chi connectivity index (χ1n) is 5.19. The molecular formula is C12H13BrN2O2. The van der Waals surface area contributed by atoms with Crippen LogP contribution in [-0.4, -0.2) is 14.9 Å². The molecule has 0 amide bonds. The molecule has 0 aliphatic rings. The highest BCUT2D eigenvalue weighted by atomic mass is 79.9. The summed E-state index contributed by atoms with van der Waals surface area (Å²) in [6.07, 6.45) is 3.66. The van der Waals surface area contributed by atoms with Gasteiger partial charge in [-0.2, -0.15) is 5.10 Å². The van der Waals surface area contributed by atoms with Gasteiger partial charge in [-0.3, -0.25) is 4.68 Å². The lowest BCUT2D eigenvalue weighted by Gasteiger charge is -2.10. The molecule has 0 bridgehead atoms. The molecule has 1 heterocycles. The lowest BCUT2D eigenvalue weighted by molar-refractivity contribution is 0.258. The summed E-state index contributed by atoms with van der Waals surface area (Å²) in [7, 11) is 1.86. The molecule has 0 spiro atoms. The van der Waals surface area contributed by atoms with Gasteiger partial charge >= 0.3 is 0 Å². The van der Waals surface area contributed by atoms with E-state index in [-0.39, 0.29) is 6.61 Å². The summed E-state index contributed by atoms with van der Waals surface area (Å²) in [5, 5.41) is 13.3. The van der Waals surface area contributed by atoms with E-state index in [0.717, 1.165) is 15.6 Å².